The van der Waals surface area contributed by atoms with Gasteiger partial charge in [0.1, 0.15) is 11.6 Å². The highest BCUT2D eigenvalue weighted by Crippen LogP contribution is 2.19. The highest BCUT2D eigenvalue weighted by Gasteiger charge is 2.06. The Morgan fingerprint density at radius 3 is 2.19 bits per heavy atom. The van der Waals surface area contributed by atoms with Gasteiger partial charge in [-0.2, -0.15) is 5.10 Å². The topological polar surface area (TPSA) is 96.8 Å². The molecular formula is C23H23N7O. The molecule has 4 rings (SSSR count). The monoisotopic (exact) mass is 413 g/mol. The SMILES string of the molecule is CCc1ccc(NC(=O)Nc2ccc(Nc3cc(-n4cccn4)nc(C)n3)cc2)cc1. The Balaban J connectivity index is 1.38. The van der Waals surface area contributed by atoms with E-state index in [1.807, 2.05) is 73.8 Å². The molecule has 0 fully saturated rings. The highest BCUT2D eigenvalue weighted by molar-refractivity contribution is 5.99. The van der Waals surface area contributed by atoms with Crippen LogP contribution in [-0.2, 0) is 6.42 Å². The molecule has 0 aliphatic rings. The third-order valence-corrected chi connectivity index (χ3v) is 4.60. The van der Waals surface area contributed by atoms with E-state index in [-0.39, 0.29) is 6.03 Å². The van der Waals surface area contributed by atoms with Gasteiger partial charge in [0.25, 0.3) is 0 Å². The molecule has 3 N–H and O–H groups in total. The summed E-state index contributed by atoms with van der Waals surface area (Å²) >= 11 is 0. The molecule has 0 saturated heterocycles. The molecule has 2 aromatic carbocycles. The zero-order chi connectivity index (χ0) is 21.6. The number of carbonyl (C=O) groups is 1. The molecule has 2 amide bonds. The van der Waals surface area contributed by atoms with Crippen LogP contribution < -0.4 is 16.0 Å². The average molecular weight is 413 g/mol. The molecule has 0 unspecified atom stereocenters. The molecular weight excluding hydrogens is 390 g/mol. The molecule has 0 bridgehead atoms. The molecule has 2 aromatic heterocycles. The van der Waals surface area contributed by atoms with Crippen molar-refractivity contribution in [1.82, 2.24) is 19.7 Å². The second kappa shape index (κ2) is 9.08. The minimum atomic E-state index is -0.291. The van der Waals surface area contributed by atoms with E-state index in [9.17, 15) is 4.79 Å². The largest absolute Gasteiger partial charge is 0.340 e. The van der Waals surface area contributed by atoms with Gasteiger partial charge in [-0.3, -0.25) is 0 Å². The first-order valence-corrected chi connectivity index (χ1v) is 9.99. The van der Waals surface area contributed by atoms with Crippen LogP contribution in [0, 0.1) is 6.92 Å². The molecule has 8 heteroatoms. The smallest absolute Gasteiger partial charge is 0.323 e. The van der Waals surface area contributed by atoms with Gasteiger partial charge < -0.3 is 16.0 Å². The van der Waals surface area contributed by atoms with Crippen molar-refractivity contribution in [1.29, 1.82) is 0 Å². The van der Waals surface area contributed by atoms with Crippen molar-refractivity contribution in [2.45, 2.75) is 20.3 Å². The van der Waals surface area contributed by atoms with Gasteiger partial charge in [0, 0.05) is 35.5 Å². The predicted molar refractivity (Wildman–Crippen MR) is 122 cm³/mol. The Bertz CT molecular complexity index is 1150. The Hall–Kier alpha value is -4.20. The van der Waals surface area contributed by atoms with E-state index in [0.29, 0.717) is 23.1 Å². The van der Waals surface area contributed by atoms with E-state index in [1.54, 1.807) is 10.9 Å². The number of benzene rings is 2. The van der Waals surface area contributed by atoms with Gasteiger partial charge in [0.2, 0.25) is 0 Å². The van der Waals surface area contributed by atoms with Gasteiger partial charge >= 0.3 is 6.03 Å². The van der Waals surface area contributed by atoms with E-state index in [4.69, 9.17) is 0 Å². The fourth-order valence-corrected chi connectivity index (χ4v) is 3.04. The second-order valence-corrected chi connectivity index (χ2v) is 6.94. The van der Waals surface area contributed by atoms with Crippen molar-refractivity contribution in [2.75, 3.05) is 16.0 Å². The van der Waals surface area contributed by atoms with Crippen LogP contribution in [0.5, 0.6) is 0 Å². The Labute approximate surface area is 180 Å². The van der Waals surface area contributed by atoms with Crippen LogP contribution >= 0.6 is 0 Å². The first-order valence-electron chi connectivity index (χ1n) is 9.99. The highest BCUT2D eigenvalue weighted by atomic mass is 16.2. The molecule has 4 aromatic rings. The maximum Gasteiger partial charge on any atom is 0.323 e. The normalized spacial score (nSPS) is 10.5. The predicted octanol–water partition coefficient (Wildman–Crippen LogP) is 4.92. The van der Waals surface area contributed by atoms with E-state index in [2.05, 4.69) is 37.9 Å². The van der Waals surface area contributed by atoms with Crippen LogP contribution in [0.2, 0.25) is 0 Å². The molecule has 0 aliphatic heterocycles. The van der Waals surface area contributed by atoms with Gasteiger partial charge in [-0.1, -0.05) is 19.1 Å². The number of nitrogens with one attached hydrogen (secondary N) is 3. The number of aryl methyl sites for hydroxylation is 2. The third-order valence-electron chi connectivity index (χ3n) is 4.60. The van der Waals surface area contributed by atoms with Crippen molar-refractivity contribution in [3.05, 3.63) is 84.4 Å². The number of urea groups is 1. The zero-order valence-electron chi connectivity index (χ0n) is 17.3. The van der Waals surface area contributed by atoms with Crippen LogP contribution in [0.25, 0.3) is 5.82 Å². The number of hydrogen-bond acceptors (Lipinski definition) is 5. The van der Waals surface area contributed by atoms with Crippen molar-refractivity contribution < 1.29 is 4.79 Å². The van der Waals surface area contributed by atoms with E-state index >= 15 is 0 Å². The van der Waals surface area contributed by atoms with Gasteiger partial charge in [-0.15, -0.1) is 0 Å². The maximum absolute atomic E-state index is 12.2. The first kappa shape index (κ1) is 20.1. The van der Waals surface area contributed by atoms with Crippen LogP contribution in [0.1, 0.15) is 18.3 Å². The molecule has 0 aliphatic carbocycles. The molecule has 0 atom stereocenters. The number of aromatic nitrogens is 4. The summed E-state index contributed by atoms with van der Waals surface area (Å²) in [6.45, 7) is 3.93. The lowest BCUT2D eigenvalue weighted by atomic mass is 10.1. The minimum Gasteiger partial charge on any atom is -0.340 e. The zero-order valence-corrected chi connectivity index (χ0v) is 17.3. The number of hydrogen-bond donors (Lipinski definition) is 3. The standard InChI is InChI=1S/C23H23N7O/c1-3-17-5-7-19(8-6-17)28-23(31)29-20-11-9-18(10-12-20)27-21-15-22(26-16(2)25-21)30-14-4-13-24-30/h4-15H,3H2,1-2H3,(H,25,26,27)(H2,28,29,31). The second-order valence-electron chi connectivity index (χ2n) is 6.94. The molecule has 0 radical (unpaired) electrons. The van der Waals surface area contributed by atoms with Crippen LogP contribution in [0.4, 0.5) is 27.7 Å². The maximum atomic E-state index is 12.2. The molecule has 0 saturated carbocycles. The summed E-state index contributed by atoms with van der Waals surface area (Å²) in [6, 6.07) is 18.6. The van der Waals surface area contributed by atoms with Gasteiger partial charge in [0.15, 0.2) is 5.82 Å². The molecule has 0 spiro atoms. The van der Waals surface area contributed by atoms with Crippen molar-refractivity contribution in [3.63, 3.8) is 0 Å². The van der Waals surface area contributed by atoms with Gasteiger partial charge in [-0.05, 0) is 61.4 Å². The molecule has 156 valence electrons. The summed E-state index contributed by atoms with van der Waals surface area (Å²) < 4.78 is 1.68. The number of nitrogens with zero attached hydrogens (tertiary/aromatic N) is 4. The first-order chi connectivity index (χ1) is 15.1. The Morgan fingerprint density at radius 1 is 0.935 bits per heavy atom. The average Bonchev–Trinajstić information content (AvgIpc) is 3.30. The van der Waals surface area contributed by atoms with E-state index in [0.717, 1.165) is 17.8 Å². The summed E-state index contributed by atoms with van der Waals surface area (Å²) in [5.41, 5.74) is 3.50. The number of amides is 2. The van der Waals surface area contributed by atoms with E-state index < -0.39 is 0 Å². The third kappa shape index (κ3) is 5.24. The van der Waals surface area contributed by atoms with Gasteiger partial charge in [-0.25, -0.2) is 19.4 Å². The van der Waals surface area contributed by atoms with Crippen LogP contribution in [0.15, 0.2) is 73.1 Å². The lowest BCUT2D eigenvalue weighted by molar-refractivity contribution is 0.262. The number of rotatable bonds is 6. The summed E-state index contributed by atoms with van der Waals surface area (Å²) in [5, 5.41) is 13.1. The van der Waals surface area contributed by atoms with E-state index in [1.165, 1.54) is 5.56 Å². The Morgan fingerprint density at radius 2 is 1.58 bits per heavy atom. The van der Waals surface area contributed by atoms with Crippen LogP contribution in [-0.4, -0.2) is 25.8 Å². The molecule has 2 heterocycles. The Kier molecular flexibility index (Phi) is 5.89. The summed E-state index contributed by atoms with van der Waals surface area (Å²) in [6.07, 6.45) is 4.49. The van der Waals surface area contributed by atoms with Gasteiger partial charge in [0.05, 0.1) is 0 Å². The van der Waals surface area contributed by atoms with Crippen molar-refractivity contribution in [3.8, 4) is 5.82 Å². The quantitative estimate of drug-likeness (QED) is 0.417. The lowest BCUT2D eigenvalue weighted by Gasteiger charge is -2.11. The summed E-state index contributed by atoms with van der Waals surface area (Å²) in [5.74, 6) is 1.98. The molecule has 31 heavy (non-hydrogen) atoms. The van der Waals surface area contributed by atoms with Crippen molar-refractivity contribution in [2.24, 2.45) is 0 Å². The van der Waals surface area contributed by atoms with Crippen molar-refractivity contribution >= 4 is 28.9 Å². The fourth-order valence-electron chi connectivity index (χ4n) is 3.04. The number of anilines is 4. The van der Waals surface area contributed by atoms with Crippen LogP contribution in [0.3, 0.4) is 0 Å². The summed E-state index contributed by atoms with van der Waals surface area (Å²) in [4.78, 5) is 21.1. The number of carbonyl (C=O) groups excluding carboxylic acids is 1. The fraction of sp³-hybridized carbons (Fsp3) is 0.130. The summed E-state index contributed by atoms with van der Waals surface area (Å²) in [7, 11) is 0. The molecule has 8 nitrogen and oxygen atoms in total. The minimum absolute atomic E-state index is 0.291. The lowest BCUT2D eigenvalue weighted by Crippen LogP contribution is -2.19.